The highest BCUT2D eigenvalue weighted by Gasteiger charge is 2.06. The number of hydrogen-bond donors (Lipinski definition) is 2. The van der Waals surface area contributed by atoms with E-state index in [2.05, 4.69) is 0 Å². The van der Waals surface area contributed by atoms with E-state index in [0.29, 0.717) is 6.42 Å². The van der Waals surface area contributed by atoms with E-state index in [1.807, 2.05) is 0 Å². The Bertz CT molecular complexity index is 172. The molecule has 0 amide bonds. The van der Waals surface area contributed by atoms with E-state index in [9.17, 15) is 0 Å². The van der Waals surface area contributed by atoms with Crippen molar-refractivity contribution in [2.45, 2.75) is 12.5 Å². The third-order valence-corrected chi connectivity index (χ3v) is 1.35. The number of nitrogens with two attached hydrogens (primary N) is 1. The summed E-state index contributed by atoms with van der Waals surface area (Å²) in [7, 11) is 0. The zero-order valence-electron chi connectivity index (χ0n) is 5.66. The van der Waals surface area contributed by atoms with Crippen molar-refractivity contribution < 1.29 is 9.52 Å². The van der Waals surface area contributed by atoms with Crippen molar-refractivity contribution >= 4 is 0 Å². The molecule has 0 saturated carbocycles. The summed E-state index contributed by atoms with van der Waals surface area (Å²) in [6, 6.07) is 3.42. The first-order chi connectivity index (χ1) is 4.84. The zero-order chi connectivity index (χ0) is 7.40. The van der Waals surface area contributed by atoms with Crippen LogP contribution in [0, 0.1) is 0 Å². The smallest absolute Gasteiger partial charge is 0.120 e. The molecule has 0 saturated heterocycles. The number of aliphatic hydroxyl groups excluding tert-OH is 1. The zero-order valence-corrected chi connectivity index (χ0v) is 5.66. The van der Waals surface area contributed by atoms with E-state index in [-0.39, 0.29) is 12.6 Å². The lowest BCUT2D eigenvalue weighted by Gasteiger charge is -2.04. The van der Waals surface area contributed by atoms with Gasteiger partial charge < -0.3 is 15.3 Å². The lowest BCUT2D eigenvalue weighted by Crippen LogP contribution is -2.10. The van der Waals surface area contributed by atoms with Crippen LogP contribution in [0.15, 0.2) is 22.8 Å². The molecule has 0 aliphatic heterocycles. The molecule has 0 bridgehead atoms. The van der Waals surface area contributed by atoms with Crippen LogP contribution < -0.4 is 5.73 Å². The van der Waals surface area contributed by atoms with E-state index in [0.717, 1.165) is 5.76 Å². The van der Waals surface area contributed by atoms with Crippen LogP contribution in [0.3, 0.4) is 0 Å². The lowest BCUT2D eigenvalue weighted by atomic mass is 10.2. The highest BCUT2D eigenvalue weighted by Crippen LogP contribution is 2.12. The minimum absolute atomic E-state index is 0.0991. The molecule has 0 aliphatic rings. The molecule has 0 aliphatic carbocycles. The summed E-state index contributed by atoms with van der Waals surface area (Å²) >= 11 is 0. The first-order valence-electron chi connectivity index (χ1n) is 3.24. The molecular weight excluding hydrogens is 130 g/mol. The number of furan rings is 1. The molecule has 1 heterocycles. The van der Waals surface area contributed by atoms with Crippen LogP contribution >= 0.6 is 0 Å². The summed E-state index contributed by atoms with van der Waals surface area (Å²) in [4.78, 5) is 0. The number of aliphatic hydroxyl groups is 1. The molecule has 3 nitrogen and oxygen atoms in total. The van der Waals surface area contributed by atoms with Gasteiger partial charge in [-0.3, -0.25) is 0 Å². The van der Waals surface area contributed by atoms with Crippen LogP contribution in [-0.2, 0) is 0 Å². The molecule has 1 aromatic rings. The average molecular weight is 141 g/mol. The van der Waals surface area contributed by atoms with Crippen molar-refractivity contribution in [3.63, 3.8) is 0 Å². The van der Waals surface area contributed by atoms with E-state index < -0.39 is 0 Å². The molecule has 0 fully saturated rings. The molecule has 0 aromatic carbocycles. The van der Waals surface area contributed by atoms with Crippen LogP contribution in [0.5, 0.6) is 0 Å². The largest absolute Gasteiger partial charge is 0.468 e. The Balaban J connectivity index is 2.50. The summed E-state index contributed by atoms with van der Waals surface area (Å²) in [6.45, 7) is 0.0991. The summed E-state index contributed by atoms with van der Waals surface area (Å²) in [5, 5.41) is 8.51. The van der Waals surface area contributed by atoms with Crippen molar-refractivity contribution in [2.24, 2.45) is 5.73 Å². The Morgan fingerprint density at radius 1 is 1.70 bits per heavy atom. The van der Waals surface area contributed by atoms with Gasteiger partial charge in [0.25, 0.3) is 0 Å². The van der Waals surface area contributed by atoms with Gasteiger partial charge in [0.05, 0.1) is 12.3 Å². The van der Waals surface area contributed by atoms with Crippen molar-refractivity contribution in [3.8, 4) is 0 Å². The number of hydrogen-bond acceptors (Lipinski definition) is 3. The molecule has 1 rings (SSSR count). The second-order valence-electron chi connectivity index (χ2n) is 2.13. The van der Waals surface area contributed by atoms with Crippen LogP contribution in [-0.4, -0.2) is 11.7 Å². The SMILES string of the molecule is N[C@@H](CCO)c1ccco1. The third kappa shape index (κ3) is 1.59. The van der Waals surface area contributed by atoms with E-state index >= 15 is 0 Å². The summed E-state index contributed by atoms with van der Waals surface area (Å²) < 4.78 is 5.01. The van der Waals surface area contributed by atoms with Gasteiger partial charge in [0.1, 0.15) is 5.76 Å². The van der Waals surface area contributed by atoms with Gasteiger partial charge in [-0.05, 0) is 18.6 Å². The van der Waals surface area contributed by atoms with E-state index in [1.54, 1.807) is 18.4 Å². The summed E-state index contributed by atoms with van der Waals surface area (Å²) in [5.41, 5.74) is 5.60. The molecule has 1 atom stereocenters. The predicted octanol–water partition coefficient (Wildman–Crippen LogP) is 0.662. The predicted molar refractivity (Wildman–Crippen MR) is 37.3 cm³/mol. The van der Waals surface area contributed by atoms with Crippen LogP contribution in [0.25, 0.3) is 0 Å². The third-order valence-electron chi connectivity index (χ3n) is 1.35. The number of rotatable bonds is 3. The molecule has 3 heteroatoms. The topological polar surface area (TPSA) is 59.4 Å². The second kappa shape index (κ2) is 3.39. The second-order valence-corrected chi connectivity index (χ2v) is 2.13. The van der Waals surface area contributed by atoms with Gasteiger partial charge in [0.15, 0.2) is 0 Å². The van der Waals surface area contributed by atoms with E-state index in [1.165, 1.54) is 0 Å². The first-order valence-corrected chi connectivity index (χ1v) is 3.24. The van der Waals surface area contributed by atoms with Gasteiger partial charge in [-0.15, -0.1) is 0 Å². The molecular formula is C7H11NO2. The van der Waals surface area contributed by atoms with Crippen LogP contribution in [0.2, 0.25) is 0 Å². The Morgan fingerprint density at radius 3 is 3.00 bits per heavy atom. The minimum Gasteiger partial charge on any atom is -0.468 e. The maximum absolute atomic E-state index is 8.51. The highest BCUT2D eigenvalue weighted by atomic mass is 16.3. The minimum atomic E-state index is -0.167. The van der Waals surface area contributed by atoms with Crippen molar-refractivity contribution in [1.29, 1.82) is 0 Å². The maximum atomic E-state index is 8.51. The quantitative estimate of drug-likeness (QED) is 0.650. The van der Waals surface area contributed by atoms with Crippen molar-refractivity contribution in [2.75, 3.05) is 6.61 Å². The first kappa shape index (κ1) is 7.31. The molecule has 0 radical (unpaired) electrons. The lowest BCUT2D eigenvalue weighted by molar-refractivity contribution is 0.268. The molecule has 10 heavy (non-hydrogen) atoms. The molecule has 0 unspecified atom stereocenters. The standard InChI is InChI=1S/C7H11NO2/c8-6(3-4-9)7-2-1-5-10-7/h1-2,5-6,9H,3-4,8H2/t6-/m0/s1. The van der Waals surface area contributed by atoms with Gasteiger partial charge >= 0.3 is 0 Å². The fourth-order valence-corrected chi connectivity index (χ4v) is 0.784. The van der Waals surface area contributed by atoms with Gasteiger partial charge in [0.2, 0.25) is 0 Å². The maximum Gasteiger partial charge on any atom is 0.120 e. The Morgan fingerprint density at radius 2 is 2.50 bits per heavy atom. The highest BCUT2D eigenvalue weighted by molar-refractivity contribution is 5.02. The fraction of sp³-hybridized carbons (Fsp3) is 0.429. The Kier molecular flexibility index (Phi) is 2.48. The fourth-order valence-electron chi connectivity index (χ4n) is 0.784. The van der Waals surface area contributed by atoms with Gasteiger partial charge in [-0.1, -0.05) is 0 Å². The van der Waals surface area contributed by atoms with Crippen LogP contribution in [0.1, 0.15) is 18.2 Å². The summed E-state index contributed by atoms with van der Waals surface area (Å²) in [5.74, 6) is 0.731. The molecule has 0 spiro atoms. The Hall–Kier alpha value is -0.800. The van der Waals surface area contributed by atoms with Crippen molar-refractivity contribution in [3.05, 3.63) is 24.2 Å². The average Bonchev–Trinajstić information content (AvgIpc) is 2.38. The normalized spacial score (nSPS) is 13.4. The van der Waals surface area contributed by atoms with Crippen molar-refractivity contribution in [1.82, 2.24) is 0 Å². The van der Waals surface area contributed by atoms with Gasteiger partial charge in [0, 0.05) is 6.61 Å². The molecule has 1 aromatic heterocycles. The van der Waals surface area contributed by atoms with Gasteiger partial charge in [-0.2, -0.15) is 0 Å². The summed E-state index contributed by atoms with van der Waals surface area (Å²) in [6.07, 6.45) is 2.13. The Labute approximate surface area is 59.5 Å². The van der Waals surface area contributed by atoms with Gasteiger partial charge in [-0.25, -0.2) is 0 Å². The van der Waals surface area contributed by atoms with Crippen LogP contribution in [0.4, 0.5) is 0 Å². The molecule has 56 valence electrons. The van der Waals surface area contributed by atoms with E-state index in [4.69, 9.17) is 15.3 Å². The molecule has 3 N–H and O–H groups in total. The monoisotopic (exact) mass is 141 g/mol.